The lowest BCUT2D eigenvalue weighted by Gasteiger charge is -2.19. The minimum absolute atomic E-state index is 0.0584. The quantitative estimate of drug-likeness (QED) is 0.110. The summed E-state index contributed by atoms with van der Waals surface area (Å²) in [5.41, 5.74) is 7.74. The SMILES string of the molecule is CC(C)(C)c1ccc(-c2nnc(SCC(=O)N/N=C/c3ccc(OCc4ccccc4)cc3)n2-c2ccccc2)cc1. The van der Waals surface area contributed by atoms with E-state index < -0.39 is 0 Å². The van der Waals surface area contributed by atoms with Crippen LogP contribution in [0.1, 0.15) is 37.5 Å². The number of thioether (sulfide) groups is 1. The van der Waals surface area contributed by atoms with Crippen LogP contribution >= 0.6 is 11.8 Å². The molecule has 5 rings (SSSR count). The molecule has 1 heterocycles. The monoisotopic (exact) mass is 575 g/mol. The van der Waals surface area contributed by atoms with Gasteiger partial charge in [0.2, 0.25) is 0 Å². The number of rotatable bonds is 10. The van der Waals surface area contributed by atoms with Crippen LogP contribution in [-0.2, 0) is 16.8 Å². The molecule has 0 aliphatic carbocycles. The van der Waals surface area contributed by atoms with Gasteiger partial charge in [-0.1, -0.05) is 105 Å². The molecule has 7 nitrogen and oxygen atoms in total. The summed E-state index contributed by atoms with van der Waals surface area (Å²) in [5.74, 6) is 1.39. The number of ether oxygens (including phenoxy) is 1. The molecular weight excluding hydrogens is 542 g/mol. The highest BCUT2D eigenvalue weighted by Gasteiger charge is 2.19. The van der Waals surface area contributed by atoms with Gasteiger partial charge in [0.15, 0.2) is 11.0 Å². The van der Waals surface area contributed by atoms with Gasteiger partial charge in [-0.2, -0.15) is 5.10 Å². The molecule has 1 N–H and O–H groups in total. The van der Waals surface area contributed by atoms with Crippen molar-refractivity contribution in [3.63, 3.8) is 0 Å². The number of hydrogen-bond acceptors (Lipinski definition) is 6. The summed E-state index contributed by atoms with van der Waals surface area (Å²) in [6.07, 6.45) is 1.61. The van der Waals surface area contributed by atoms with Gasteiger partial charge in [-0.15, -0.1) is 10.2 Å². The minimum atomic E-state index is -0.238. The average molecular weight is 576 g/mol. The average Bonchev–Trinajstić information content (AvgIpc) is 3.44. The molecular formula is C34H33N5O2S. The zero-order valence-electron chi connectivity index (χ0n) is 23.9. The number of hydrogen-bond donors (Lipinski definition) is 1. The first-order chi connectivity index (χ1) is 20.4. The molecule has 5 aromatic rings. The maximum atomic E-state index is 12.6. The van der Waals surface area contributed by atoms with Crippen LogP contribution in [0.25, 0.3) is 17.1 Å². The van der Waals surface area contributed by atoms with Crippen molar-refractivity contribution in [2.45, 2.75) is 37.9 Å². The van der Waals surface area contributed by atoms with Crippen molar-refractivity contribution in [2.75, 3.05) is 5.75 Å². The smallest absolute Gasteiger partial charge is 0.250 e. The van der Waals surface area contributed by atoms with Gasteiger partial charge in [0, 0.05) is 11.3 Å². The number of carbonyl (C=O) groups is 1. The van der Waals surface area contributed by atoms with Gasteiger partial charge in [-0.05, 0) is 58.5 Å². The maximum Gasteiger partial charge on any atom is 0.250 e. The Balaban J connectivity index is 1.20. The molecule has 0 saturated carbocycles. The van der Waals surface area contributed by atoms with Crippen molar-refractivity contribution in [1.29, 1.82) is 0 Å². The van der Waals surface area contributed by atoms with E-state index in [1.165, 1.54) is 17.3 Å². The molecule has 0 bridgehead atoms. The molecule has 0 saturated heterocycles. The molecule has 1 amide bonds. The number of hydrazone groups is 1. The molecule has 0 radical (unpaired) electrons. The first kappa shape index (κ1) is 28.8. The van der Waals surface area contributed by atoms with Crippen molar-refractivity contribution in [3.8, 4) is 22.8 Å². The summed E-state index contributed by atoms with van der Waals surface area (Å²) < 4.78 is 7.80. The second-order valence-electron chi connectivity index (χ2n) is 10.7. The minimum Gasteiger partial charge on any atom is -0.489 e. The van der Waals surface area contributed by atoms with Gasteiger partial charge < -0.3 is 4.74 Å². The lowest BCUT2D eigenvalue weighted by atomic mass is 9.87. The predicted octanol–water partition coefficient (Wildman–Crippen LogP) is 7.05. The van der Waals surface area contributed by atoms with E-state index in [-0.39, 0.29) is 17.1 Å². The van der Waals surface area contributed by atoms with Gasteiger partial charge in [-0.25, -0.2) is 5.43 Å². The number of para-hydroxylation sites is 1. The van der Waals surface area contributed by atoms with Gasteiger partial charge in [-0.3, -0.25) is 9.36 Å². The van der Waals surface area contributed by atoms with Crippen LogP contribution in [-0.4, -0.2) is 32.6 Å². The van der Waals surface area contributed by atoms with Crippen LogP contribution in [0.4, 0.5) is 0 Å². The van der Waals surface area contributed by atoms with Crippen molar-refractivity contribution < 1.29 is 9.53 Å². The molecule has 0 fully saturated rings. The lowest BCUT2D eigenvalue weighted by Crippen LogP contribution is -2.20. The summed E-state index contributed by atoms with van der Waals surface area (Å²) in [4.78, 5) is 12.6. The third kappa shape index (κ3) is 7.53. The number of nitrogens with zero attached hydrogens (tertiary/aromatic N) is 4. The molecule has 0 unspecified atom stereocenters. The van der Waals surface area contributed by atoms with E-state index in [0.29, 0.717) is 11.8 Å². The van der Waals surface area contributed by atoms with Crippen molar-refractivity contribution in [1.82, 2.24) is 20.2 Å². The highest BCUT2D eigenvalue weighted by molar-refractivity contribution is 7.99. The number of aromatic nitrogens is 3. The predicted molar refractivity (Wildman–Crippen MR) is 169 cm³/mol. The van der Waals surface area contributed by atoms with E-state index in [4.69, 9.17) is 4.74 Å². The number of benzene rings is 4. The summed E-state index contributed by atoms with van der Waals surface area (Å²) in [6, 6.07) is 35.9. The van der Waals surface area contributed by atoms with Gasteiger partial charge in [0.05, 0.1) is 12.0 Å². The second kappa shape index (κ2) is 13.3. The van der Waals surface area contributed by atoms with Gasteiger partial charge in [0.1, 0.15) is 12.4 Å². The molecule has 8 heteroatoms. The zero-order valence-corrected chi connectivity index (χ0v) is 24.7. The summed E-state index contributed by atoms with van der Waals surface area (Å²) in [7, 11) is 0. The number of amides is 1. The highest BCUT2D eigenvalue weighted by Crippen LogP contribution is 2.30. The third-order valence-electron chi connectivity index (χ3n) is 6.52. The normalized spacial score (nSPS) is 11.5. The first-order valence-electron chi connectivity index (χ1n) is 13.7. The summed E-state index contributed by atoms with van der Waals surface area (Å²) >= 11 is 1.31. The fourth-order valence-electron chi connectivity index (χ4n) is 4.21. The van der Waals surface area contributed by atoms with Gasteiger partial charge >= 0.3 is 0 Å². The van der Waals surface area contributed by atoms with E-state index >= 15 is 0 Å². The summed E-state index contributed by atoms with van der Waals surface area (Å²) in [6.45, 7) is 7.08. The van der Waals surface area contributed by atoms with Crippen molar-refractivity contribution in [3.05, 3.63) is 126 Å². The van der Waals surface area contributed by atoms with Crippen molar-refractivity contribution >= 4 is 23.9 Å². The Hall–Kier alpha value is -4.69. The molecule has 0 aliphatic rings. The van der Waals surface area contributed by atoms with E-state index in [0.717, 1.165) is 34.0 Å². The summed E-state index contributed by atoms with van der Waals surface area (Å²) in [5, 5.41) is 13.7. The molecule has 0 spiro atoms. The van der Waals surface area contributed by atoms with Crippen LogP contribution in [0.5, 0.6) is 5.75 Å². The standard InChI is InChI=1S/C34H33N5O2S/c1-34(2,3)28-18-16-27(17-19-28)32-37-38-33(39(32)29-12-8-5-9-13-29)42-24-31(40)36-35-22-25-14-20-30(21-15-25)41-23-26-10-6-4-7-11-26/h4-22H,23-24H2,1-3H3,(H,36,40)/b35-22+. The zero-order chi connectivity index (χ0) is 29.4. The molecule has 212 valence electrons. The molecule has 0 aliphatic heterocycles. The lowest BCUT2D eigenvalue weighted by molar-refractivity contribution is -0.118. The van der Waals surface area contributed by atoms with Crippen molar-refractivity contribution in [2.24, 2.45) is 5.10 Å². The molecule has 0 atom stereocenters. The largest absolute Gasteiger partial charge is 0.489 e. The van der Waals surface area contributed by atoms with Crippen LogP contribution in [0.15, 0.2) is 119 Å². The number of nitrogens with one attached hydrogen (secondary N) is 1. The Morgan fingerprint density at radius 3 is 2.21 bits per heavy atom. The van der Waals surface area contributed by atoms with Gasteiger partial charge in [0.25, 0.3) is 5.91 Å². The Bertz CT molecular complexity index is 1630. The molecule has 1 aromatic heterocycles. The Labute approximate surface area is 250 Å². The van der Waals surface area contributed by atoms with Crippen LogP contribution < -0.4 is 10.2 Å². The highest BCUT2D eigenvalue weighted by atomic mass is 32.2. The topological polar surface area (TPSA) is 81.4 Å². The van der Waals surface area contributed by atoms with Crippen LogP contribution in [0, 0.1) is 0 Å². The fraction of sp³-hybridized carbons (Fsp3) is 0.176. The second-order valence-corrected chi connectivity index (χ2v) is 11.7. The van der Waals surface area contributed by atoms with E-state index in [2.05, 4.69) is 65.8 Å². The van der Waals surface area contributed by atoms with E-state index in [1.54, 1.807) is 6.21 Å². The number of carbonyl (C=O) groups excluding carboxylic acids is 1. The van der Waals surface area contributed by atoms with Crippen LogP contribution in [0.2, 0.25) is 0 Å². The Morgan fingerprint density at radius 2 is 1.55 bits per heavy atom. The fourth-order valence-corrected chi connectivity index (χ4v) is 4.96. The third-order valence-corrected chi connectivity index (χ3v) is 7.45. The van der Waals surface area contributed by atoms with E-state index in [1.807, 2.05) is 89.5 Å². The van der Waals surface area contributed by atoms with Crippen LogP contribution in [0.3, 0.4) is 0 Å². The Kier molecular flexibility index (Phi) is 9.14. The molecule has 4 aromatic carbocycles. The first-order valence-corrected chi connectivity index (χ1v) is 14.7. The molecule has 42 heavy (non-hydrogen) atoms. The maximum absolute atomic E-state index is 12.6. The van der Waals surface area contributed by atoms with E-state index in [9.17, 15) is 4.79 Å². The Morgan fingerprint density at radius 1 is 0.881 bits per heavy atom.